The predicted octanol–water partition coefficient (Wildman–Crippen LogP) is 4.27. The molecule has 2 aromatic carbocycles. The smallest absolute Gasteiger partial charge is 0.251 e. The van der Waals surface area contributed by atoms with Gasteiger partial charge in [0, 0.05) is 33.0 Å². The van der Waals surface area contributed by atoms with E-state index in [9.17, 15) is 9.59 Å². The number of rotatable bonds is 0. The van der Waals surface area contributed by atoms with Crippen LogP contribution in [-0.2, 0) is 13.0 Å². The normalized spacial score (nSPS) is 14.8. The fraction of sp³-hybridized carbons (Fsp3) is 0.176. The van der Waals surface area contributed by atoms with Gasteiger partial charge in [-0.1, -0.05) is 37.9 Å². The van der Waals surface area contributed by atoms with Gasteiger partial charge in [-0.05, 0) is 47.9 Å². The van der Waals surface area contributed by atoms with Crippen LogP contribution in [-0.4, -0.2) is 11.7 Å². The summed E-state index contributed by atoms with van der Waals surface area (Å²) in [6, 6.07) is 11.6. The molecular formula is C17H13Br2NO2. The lowest BCUT2D eigenvalue weighted by molar-refractivity contribution is 0.0963. The maximum atomic E-state index is 11.2. The molecule has 0 saturated heterocycles. The van der Waals surface area contributed by atoms with Gasteiger partial charge in [-0.25, -0.2) is 0 Å². The minimum Gasteiger partial charge on any atom is -0.348 e. The van der Waals surface area contributed by atoms with E-state index in [1.165, 1.54) is 5.56 Å². The fourth-order valence-electron chi connectivity index (χ4n) is 2.61. The van der Waals surface area contributed by atoms with Crippen molar-refractivity contribution in [1.29, 1.82) is 0 Å². The Balaban J connectivity index is 0.000000131. The molecule has 0 aromatic heterocycles. The Morgan fingerprint density at radius 2 is 1.55 bits per heavy atom. The number of halogens is 2. The molecule has 3 nitrogen and oxygen atoms in total. The highest BCUT2D eigenvalue weighted by molar-refractivity contribution is 9.10. The van der Waals surface area contributed by atoms with Crippen LogP contribution in [0.5, 0.6) is 0 Å². The van der Waals surface area contributed by atoms with Gasteiger partial charge in [0.15, 0.2) is 5.78 Å². The fourth-order valence-corrected chi connectivity index (χ4v) is 3.38. The minimum atomic E-state index is 0.0347. The monoisotopic (exact) mass is 421 g/mol. The molecule has 2 aromatic rings. The van der Waals surface area contributed by atoms with Gasteiger partial charge in [-0.3, -0.25) is 9.59 Å². The topological polar surface area (TPSA) is 46.2 Å². The third kappa shape index (κ3) is 3.15. The van der Waals surface area contributed by atoms with Gasteiger partial charge < -0.3 is 5.32 Å². The van der Waals surface area contributed by atoms with Crippen molar-refractivity contribution in [3.05, 3.63) is 67.6 Å². The Morgan fingerprint density at radius 3 is 2.36 bits per heavy atom. The number of carbonyl (C=O) groups is 2. The molecule has 0 radical (unpaired) electrons. The summed E-state index contributed by atoms with van der Waals surface area (Å²) in [5, 5.41) is 2.75. The molecule has 5 heteroatoms. The van der Waals surface area contributed by atoms with E-state index in [0.29, 0.717) is 13.0 Å². The Morgan fingerprint density at radius 1 is 0.818 bits per heavy atom. The number of hydrogen-bond donors (Lipinski definition) is 1. The molecule has 0 unspecified atom stereocenters. The second-order valence-electron chi connectivity index (χ2n) is 5.21. The second kappa shape index (κ2) is 6.34. The molecule has 112 valence electrons. The van der Waals surface area contributed by atoms with Crippen LogP contribution in [0.15, 0.2) is 45.3 Å². The first-order chi connectivity index (χ1) is 10.5. The molecule has 0 atom stereocenters. The zero-order valence-corrected chi connectivity index (χ0v) is 14.8. The first-order valence-electron chi connectivity index (χ1n) is 6.93. The zero-order valence-electron chi connectivity index (χ0n) is 11.7. The Bertz CT molecular complexity index is 771. The molecule has 2 aliphatic rings. The van der Waals surface area contributed by atoms with Crippen molar-refractivity contribution in [3.63, 3.8) is 0 Å². The van der Waals surface area contributed by atoms with Crippen LogP contribution in [0.3, 0.4) is 0 Å². The molecule has 4 rings (SSSR count). The third-order valence-corrected chi connectivity index (χ3v) is 4.73. The number of hydrogen-bond acceptors (Lipinski definition) is 2. The van der Waals surface area contributed by atoms with Crippen molar-refractivity contribution in [2.24, 2.45) is 0 Å². The van der Waals surface area contributed by atoms with E-state index in [4.69, 9.17) is 0 Å². The maximum absolute atomic E-state index is 11.2. The van der Waals surface area contributed by atoms with Gasteiger partial charge in [0.1, 0.15) is 0 Å². The highest BCUT2D eigenvalue weighted by atomic mass is 79.9. The summed E-state index contributed by atoms with van der Waals surface area (Å²) in [7, 11) is 0. The number of benzene rings is 2. The summed E-state index contributed by atoms with van der Waals surface area (Å²) < 4.78 is 2.01. The molecule has 0 spiro atoms. The molecule has 22 heavy (non-hydrogen) atoms. The Labute approximate surface area is 145 Å². The van der Waals surface area contributed by atoms with Crippen molar-refractivity contribution >= 4 is 43.6 Å². The zero-order chi connectivity index (χ0) is 15.7. The van der Waals surface area contributed by atoms with Gasteiger partial charge in [0.2, 0.25) is 0 Å². The average molecular weight is 423 g/mol. The quantitative estimate of drug-likeness (QED) is 0.688. The predicted molar refractivity (Wildman–Crippen MR) is 92.1 cm³/mol. The molecule has 1 aliphatic carbocycles. The second-order valence-corrected chi connectivity index (χ2v) is 7.04. The molecule has 0 saturated carbocycles. The average Bonchev–Trinajstić information content (AvgIpc) is 3.04. The summed E-state index contributed by atoms with van der Waals surface area (Å²) in [6.45, 7) is 0.660. The molecule has 1 heterocycles. The number of nitrogens with one attached hydrogen (secondary N) is 1. The van der Waals surface area contributed by atoms with E-state index < -0.39 is 0 Å². The number of Topliss-reactive ketones (excluding diaryl/α,β-unsaturated/α-hetero) is 1. The van der Waals surface area contributed by atoms with Gasteiger partial charge in [0.25, 0.3) is 5.91 Å². The molecular weight excluding hydrogens is 410 g/mol. The van der Waals surface area contributed by atoms with Gasteiger partial charge in [-0.2, -0.15) is 0 Å². The van der Waals surface area contributed by atoms with Crippen LogP contribution in [0.1, 0.15) is 38.3 Å². The Kier molecular flexibility index (Phi) is 4.45. The van der Waals surface area contributed by atoms with Crippen LogP contribution in [0, 0.1) is 0 Å². The number of amides is 1. The van der Waals surface area contributed by atoms with Crippen molar-refractivity contribution in [2.75, 3.05) is 0 Å². The number of aryl methyl sites for hydroxylation is 1. The van der Waals surface area contributed by atoms with Crippen molar-refractivity contribution in [3.8, 4) is 0 Å². The summed E-state index contributed by atoms with van der Waals surface area (Å²) in [4.78, 5) is 22.2. The van der Waals surface area contributed by atoms with Crippen LogP contribution < -0.4 is 5.32 Å². The first kappa shape index (κ1) is 15.4. The lowest BCUT2D eigenvalue weighted by Gasteiger charge is -1.96. The van der Waals surface area contributed by atoms with Crippen molar-refractivity contribution in [1.82, 2.24) is 5.32 Å². The highest BCUT2D eigenvalue weighted by Crippen LogP contribution is 2.24. The molecule has 1 aliphatic heterocycles. The standard InChI is InChI=1S/C9H7BrO.C8H6BrNO/c10-7-3-1-6-2-4-9(11)8(6)5-7;9-6-1-2-7-5(3-6)4-10-8(7)11/h1,3,5H,2,4H2;1-3H,4H2,(H,10,11). The molecule has 1 amide bonds. The Hall–Kier alpha value is -1.46. The third-order valence-electron chi connectivity index (χ3n) is 3.75. The van der Waals surface area contributed by atoms with E-state index in [1.54, 1.807) is 0 Å². The molecule has 0 bridgehead atoms. The van der Waals surface area contributed by atoms with E-state index >= 15 is 0 Å². The lowest BCUT2D eigenvalue weighted by atomic mass is 10.1. The van der Waals surface area contributed by atoms with Crippen LogP contribution >= 0.6 is 31.9 Å². The summed E-state index contributed by atoms with van der Waals surface area (Å²) >= 11 is 6.69. The number of ketones is 1. The van der Waals surface area contributed by atoms with E-state index in [2.05, 4.69) is 37.2 Å². The minimum absolute atomic E-state index is 0.0347. The largest absolute Gasteiger partial charge is 0.348 e. The van der Waals surface area contributed by atoms with Gasteiger partial charge in [0.05, 0.1) is 0 Å². The van der Waals surface area contributed by atoms with Crippen molar-refractivity contribution in [2.45, 2.75) is 19.4 Å². The van der Waals surface area contributed by atoms with Crippen LogP contribution in [0.4, 0.5) is 0 Å². The summed E-state index contributed by atoms with van der Waals surface area (Å²) in [5.74, 6) is 0.314. The maximum Gasteiger partial charge on any atom is 0.251 e. The highest BCUT2D eigenvalue weighted by Gasteiger charge is 2.19. The van der Waals surface area contributed by atoms with E-state index in [1.807, 2.05) is 36.4 Å². The SMILES string of the molecule is O=C1CCc2ccc(Br)cc21.O=C1NCc2cc(Br)ccc21. The first-order valence-corrected chi connectivity index (χ1v) is 8.51. The van der Waals surface area contributed by atoms with Gasteiger partial charge >= 0.3 is 0 Å². The molecule has 0 fully saturated rings. The van der Waals surface area contributed by atoms with E-state index in [0.717, 1.165) is 32.1 Å². The summed E-state index contributed by atoms with van der Waals surface area (Å²) in [5.41, 5.74) is 3.97. The van der Waals surface area contributed by atoms with Crippen LogP contribution in [0.25, 0.3) is 0 Å². The molecule has 1 N–H and O–H groups in total. The van der Waals surface area contributed by atoms with Crippen LogP contribution in [0.2, 0.25) is 0 Å². The summed E-state index contributed by atoms with van der Waals surface area (Å²) in [6.07, 6.45) is 1.60. The van der Waals surface area contributed by atoms with Crippen molar-refractivity contribution < 1.29 is 9.59 Å². The lowest BCUT2D eigenvalue weighted by Crippen LogP contribution is -2.12. The number of carbonyl (C=O) groups excluding carboxylic acids is 2. The number of fused-ring (bicyclic) bond motifs is 2. The van der Waals surface area contributed by atoms with E-state index in [-0.39, 0.29) is 11.7 Å². The van der Waals surface area contributed by atoms with Gasteiger partial charge in [-0.15, -0.1) is 0 Å².